The van der Waals surface area contributed by atoms with Crippen LogP contribution >= 0.6 is 0 Å². The molecular weight excluding hydrogens is 204 g/mol. The minimum atomic E-state index is -0.696. The van der Waals surface area contributed by atoms with Gasteiger partial charge in [-0.05, 0) is 33.1 Å². The van der Waals surface area contributed by atoms with Gasteiger partial charge in [0.15, 0.2) is 0 Å². The van der Waals surface area contributed by atoms with Gasteiger partial charge >= 0.3 is 5.97 Å². The SMILES string of the molecule is CCC(C)(C)OC1CCCCCC1C(=O)O. The third kappa shape index (κ3) is 3.78. The molecule has 3 nitrogen and oxygen atoms in total. The lowest BCUT2D eigenvalue weighted by atomic mass is 9.96. The van der Waals surface area contributed by atoms with E-state index in [0.717, 1.165) is 38.5 Å². The molecule has 0 spiro atoms. The first-order chi connectivity index (χ1) is 7.46. The molecule has 1 saturated carbocycles. The molecule has 94 valence electrons. The summed E-state index contributed by atoms with van der Waals surface area (Å²) in [6.07, 6.45) is 5.71. The van der Waals surface area contributed by atoms with Crippen LogP contribution in [0.15, 0.2) is 0 Å². The van der Waals surface area contributed by atoms with Crippen molar-refractivity contribution >= 4 is 5.97 Å². The Kier molecular flexibility index (Phi) is 4.78. The third-order valence-corrected chi connectivity index (χ3v) is 3.59. The van der Waals surface area contributed by atoms with Crippen LogP contribution in [0.25, 0.3) is 0 Å². The van der Waals surface area contributed by atoms with Crippen LogP contribution in [0.1, 0.15) is 59.3 Å². The summed E-state index contributed by atoms with van der Waals surface area (Å²) in [6.45, 7) is 6.15. The van der Waals surface area contributed by atoms with Gasteiger partial charge in [0.25, 0.3) is 0 Å². The van der Waals surface area contributed by atoms with Gasteiger partial charge in [0.05, 0.1) is 17.6 Å². The van der Waals surface area contributed by atoms with Crippen LogP contribution in [0, 0.1) is 5.92 Å². The van der Waals surface area contributed by atoms with E-state index in [9.17, 15) is 9.90 Å². The summed E-state index contributed by atoms with van der Waals surface area (Å²) in [6, 6.07) is 0. The first kappa shape index (κ1) is 13.5. The van der Waals surface area contributed by atoms with Crippen molar-refractivity contribution < 1.29 is 14.6 Å². The smallest absolute Gasteiger partial charge is 0.309 e. The summed E-state index contributed by atoms with van der Waals surface area (Å²) in [5.41, 5.74) is -0.206. The summed E-state index contributed by atoms with van der Waals surface area (Å²) in [7, 11) is 0. The van der Waals surface area contributed by atoms with Crippen molar-refractivity contribution in [2.24, 2.45) is 5.92 Å². The maximum Gasteiger partial charge on any atom is 0.309 e. The number of carboxylic acids is 1. The van der Waals surface area contributed by atoms with Gasteiger partial charge in [-0.25, -0.2) is 0 Å². The molecule has 0 aromatic heterocycles. The summed E-state index contributed by atoms with van der Waals surface area (Å²) < 4.78 is 6.00. The predicted octanol–water partition coefficient (Wildman–Crippen LogP) is 3.23. The Bertz CT molecular complexity index is 235. The second-order valence-electron chi connectivity index (χ2n) is 5.35. The van der Waals surface area contributed by atoms with Crippen LogP contribution in [0.5, 0.6) is 0 Å². The van der Waals surface area contributed by atoms with E-state index in [4.69, 9.17) is 4.74 Å². The van der Waals surface area contributed by atoms with Crippen LogP contribution in [-0.2, 0) is 9.53 Å². The maximum absolute atomic E-state index is 11.2. The number of hydrogen-bond acceptors (Lipinski definition) is 2. The fourth-order valence-corrected chi connectivity index (χ4v) is 2.19. The molecule has 2 atom stereocenters. The van der Waals surface area contributed by atoms with E-state index >= 15 is 0 Å². The largest absolute Gasteiger partial charge is 0.481 e. The first-order valence-corrected chi connectivity index (χ1v) is 6.37. The van der Waals surface area contributed by atoms with Crippen LogP contribution in [0.2, 0.25) is 0 Å². The molecule has 0 bridgehead atoms. The molecule has 1 fully saturated rings. The molecular formula is C13H24O3. The van der Waals surface area contributed by atoms with Gasteiger partial charge in [-0.1, -0.05) is 26.2 Å². The highest BCUT2D eigenvalue weighted by Crippen LogP contribution is 2.30. The van der Waals surface area contributed by atoms with Gasteiger partial charge in [0.2, 0.25) is 0 Å². The highest BCUT2D eigenvalue weighted by Gasteiger charge is 2.33. The van der Waals surface area contributed by atoms with E-state index in [1.165, 1.54) is 0 Å². The highest BCUT2D eigenvalue weighted by molar-refractivity contribution is 5.70. The van der Waals surface area contributed by atoms with Gasteiger partial charge in [0, 0.05) is 0 Å². The Morgan fingerprint density at radius 2 is 1.94 bits per heavy atom. The molecule has 0 amide bonds. The molecule has 1 N–H and O–H groups in total. The Morgan fingerprint density at radius 1 is 1.31 bits per heavy atom. The van der Waals surface area contributed by atoms with E-state index in [1.807, 2.05) is 13.8 Å². The molecule has 0 radical (unpaired) electrons. The predicted molar refractivity (Wildman–Crippen MR) is 63.5 cm³/mol. The monoisotopic (exact) mass is 228 g/mol. The average Bonchev–Trinajstić information content (AvgIpc) is 2.42. The Labute approximate surface area is 98.2 Å². The van der Waals surface area contributed by atoms with Crippen molar-refractivity contribution in [1.82, 2.24) is 0 Å². The topological polar surface area (TPSA) is 46.5 Å². The number of carboxylic acid groups (broad SMARTS) is 1. The minimum Gasteiger partial charge on any atom is -0.481 e. The standard InChI is InChI=1S/C13H24O3/c1-4-13(2,3)16-11-9-7-5-6-8-10(11)12(14)15/h10-11H,4-9H2,1-3H3,(H,14,15). The Balaban J connectivity index is 2.68. The van der Waals surface area contributed by atoms with Gasteiger partial charge in [0.1, 0.15) is 0 Å². The molecule has 1 aliphatic carbocycles. The van der Waals surface area contributed by atoms with Gasteiger partial charge in [-0.2, -0.15) is 0 Å². The molecule has 0 saturated heterocycles. The Hall–Kier alpha value is -0.570. The van der Waals surface area contributed by atoms with Gasteiger partial charge in [-0.3, -0.25) is 4.79 Å². The molecule has 16 heavy (non-hydrogen) atoms. The summed E-state index contributed by atoms with van der Waals surface area (Å²) >= 11 is 0. The highest BCUT2D eigenvalue weighted by atomic mass is 16.5. The molecule has 1 rings (SSSR count). The van der Waals surface area contributed by atoms with E-state index in [1.54, 1.807) is 0 Å². The van der Waals surface area contributed by atoms with Crippen molar-refractivity contribution in [3.05, 3.63) is 0 Å². The normalized spacial score (nSPS) is 27.4. The molecule has 0 heterocycles. The lowest BCUT2D eigenvalue weighted by molar-refractivity contribution is -0.155. The van der Waals surface area contributed by atoms with E-state index < -0.39 is 5.97 Å². The Morgan fingerprint density at radius 3 is 2.50 bits per heavy atom. The molecule has 0 aromatic carbocycles. The summed E-state index contributed by atoms with van der Waals surface area (Å²) in [5.74, 6) is -1.01. The lowest BCUT2D eigenvalue weighted by Crippen LogP contribution is -2.37. The maximum atomic E-state index is 11.2. The molecule has 3 heteroatoms. The molecule has 0 aromatic rings. The number of carbonyl (C=O) groups is 1. The van der Waals surface area contributed by atoms with Crippen LogP contribution in [-0.4, -0.2) is 22.8 Å². The zero-order chi connectivity index (χ0) is 12.2. The molecule has 0 aliphatic heterocycles. The second kappa shape index (κ2) is 5.67. The van der Waals surface area contributed by atoms with E-state index in [0.29, 0.717) is 0 Å². The number of ether oxygens (including phenoxy) is 1. The average molecular weight is 228 g/mol. The van der Waals surface area contributed by atoms with Crippen LogP contribution in [0.3, 0.4) is 0 Å². The van der Waals surface area contributed by atoms with Crippen LogP contribution in [0.4, 0.5) is 0 Å². The van der Waals surface area contributed by atoms with Gasteiger partial charge < -0.3 is 9.84 Å². The van der Waals surface area contributed by atoms with E-state index in [-0.39, 0.29) is 17.6 Å². The summed E-state index contributed by atoms with van der Waals surface area (Å²) in [4.78, 5) is 11.2. The number of aliphatic carboxylic acids is 1. The second-order valence-corrected chi connectivity index (χ2v) is 5.35. The summed E-state index contributed by atoms with van der Waals surface area (Å²) in [5, 5.41) is 9.22. The third-order valence-electron chi connectivity index (χ3n) is 3.59. The first-order valence-electron chi connectivity index (χ1n) is 6.37. The minimum absolute atomic E-state index is 0.102. The van der Waals surface area contributed by atoms with Gasteiger partial charge in [-0.15, -0.1) is 0 Å². The van der Waals surface area contributed by atoms with Crippen molar-refractivity contribution in [3.8, 4) is 0 Å². The number of rotatable bonds is 4. The zero-order valence-electron chi connectivity index (χ0n) is 10.7. The van der Waals surface area contributed by atoms with E-state index in [2.05, 4.69) is 6.92 Å². The van der Waals surface area contributed by atoms with Crippen molar-refractivity contribution in [1.29, 1.82) is 0 Å². The fraction of sp³-hybridized carbons (Fsp3) is 0.923. The number of hydrogen-bond donors (Lipinski definition) is 1. The molecule has 2 unspecified atom stereocenters. The quantitative estimate of drug-likeness (QED) is 0.751. The molecule has 1 aliphatic rings. The van der Waals surface area contributed by atoms with Crippen molar-refractivity contribution in [2.45, 2.75) is 71.0 Å². The zero-order valence-corrected chi connectivity index (χ0v) is 10.7. The van der Waals surface area contributed by atoms with Crippen LogP contribution < -0.4 is 0 Å². The fourth-order valence-electron chi connectivity index (χ4n) is 2.19. The van der Waals surface area contributed by atoms with Crippen molar-refractivity contribution in [3.63, 3.8) is 0 Å². The van der Waals surface area contributed by atoms with Crippen molar-refractivity contribution in [2.75, 3.05) is 0 Å². The lowest BCUT2D eigenvalue weighted by Gasteiger charge is -2.32.